The van der Waals surface area contributed by atoms with Crippen LogP contribution in [0.2, 0.25) is 5.02 Å². The minimum Gasteiger partial charge on any atom is -0.496 e. The van der Waals surface area contributed by atoms with Gasteiger partial charge in [0, 0.05) is 11.6 Å². The molecule has 3 amide bonds. The van der Waals surface area contributed by atoms with Crippen molar-refractivity contribution in [2.45, 2.75) is 52.0 Å². The van der Waals surface area contributed by atoms with Crippen LogP contribution in [0.3, 0.4) is 0 Å². The number of amides is 3. The first-order valence-electron chi connectivity index (χ1n) is 12.7. The Balaban J connectivity index is 1.92. The number of hydrogen-bond donors (Lipinski definition) is 4. The Bertz CT molecular complexity index is 1290. The number of carbonyl (C=O) groups is 3. The van der Waals surface area contributed by atoms with Crippen LogP contribution in [-0.4, -0.2) is 53.1 Å². The number of benzene rings is 2. The molecule has 0 radical (unpaired) electrons. The predicted octanol–water partition coefficient (Wildman–Crippen LogP) is 4.71. The van der Waals surface area contributed by atoms with E-state index in [0.717, 1.165) is 10.5 Å². The molecule has 1 saturated heterocycles. The molecule has 5 N–H and O–H groups in total. The number of hydrogen-bond acceptors (Lipinski definition) is 6. The predicted molar refractivity (Wildman–Crippen MR) is 156 cm³/mol. The van der Waals surface area contributed by atoms with Gasteiger partial charge in [-0.15, -0.1) is 0 Å². The Morgan fingerprint density at radius 2 is 2.00 bits per heavy atom. The van der Waals surface area contributed by atoms with Crippen LogP contribution in [-0.2, 0) is 16.6 Å². The summed E-state index contributed by atoms with van der Waals surface area (Å²) in [6, 6.07) is 7.19. The van der Waals surface area contributed by atoms with Gasteiger partial charge >= 0.3 is 12.0 Å². The van der Waals surface area contributed by atoms with Gasteiger partial charge in [-0.1, -0.05) is 57.6 Å². The van der Waals surface area contributed by atoms with Crippen molar-refractivity contribution in [2.75, 3.05) is 25.9 Å². The second-order valence-corrected chi connectivity index (χ2v) is 11.5. The second kappa shape index (κ2) is 12.2. The van der Waals surface area contributed by atoms with E-state index in [9.17, 15) is 19.5 Å². The second-order valence-electron chi connectivity index (χ2n) is 10.5. The molecule has 1 fully saturated rings. The first-order chi connectivity index (χ1) is 18.3. The molecular weight excluding hydrogens is 540 g/mol. The highest BCUT2D eigenvalue weighted by Gasteiger charge is 2.35. The van der Waals surface area contributed by atoms with Crippen LogP contribution < -0.4 is 21.1 Å². The Kier molecular flexibility index (Phi) is 9.45. The standard InChI is InChI=1S/C28H35ClN4O5S/c1-6-20(18-8-9-19(26(35)36)24(30)23(18)28(2,3)4)32-27(37)33-14-22(39)31-13-16(25(33)34)11-15-12-17(29)7-10-21(15)38-5/h7-10,12,16,20H,6,11,13-14,30H2,1-5H3,(H,31,39)(H,32,37)(H,35,36)/t16-,20+/m0/s1. The van der Waals surface area contributed by atoms with Crippen LogP contribution in [0.5, 0.6) is 5.75 Å². The lowest BCUT2D eigenvalue weighted by atomic mass is 9.79. The first-order valence-corrected chi connectivity index (χ1v) is 13.4. The molecule has 0 spiro atoms. The molecule has 210 valence electrons. The lowest BCUT2D eigenvalue weighted by molar-refractivity contribution is -0.131. The number of halogens is 1. The maximum atomic E-state index is 13.6. The summed E-state index contributed by atoms with van der Waals surface area (Å²) in [4.78, 5) is 40.4. The van der Waals surface area contributed by atoms with E-state index < -0.39 is 29.4 Å². The van der Waals surface area contributed by atoms with E-state index in [2.05, 4.69) is 10.6 Å². The quantitative estimate of drug-likeness (QED) is 0.276. The summed E-state index contributed by atoms with van der Waals surface area (Å²) in [6.45, 7) is 7.88. The number of urea groups is 1. The zero-order valence-electron chi connectivity index (χ0n) is 22.8. The number of nitrogens with zero attached hydrogens (tertiary/aromatic N) is 1. The van der Waals surface area contributed by atoms with Crippen LogP contribution in [0.15, 0.2) is 30.3 Å². The summed E-state index contributed by atoms with van der Waals surface area (Å²) in [6.07, 6.45) is 0.773. The number of rotatable bonds is 7. The normalized spacial score (nSPS) is 16.8. The molecule has 0 bridgehead atoms. The van der Waals surface area contributed by atoms with Crippen molar-refractivity contribution in [3.05, 3.63) is 57.6 Å². The van der Waals surface area contributed by atoms with Crippen molar-refractivity contribution < 1.29 is 24.2 Å². The number of nitrogens with two attached hydrogens (primary N) is 1. The Labute approximate surface area is 239 Å². The van der Waals surface area contributed by atoms with E-state index in [0.29, 0.717) is 39.7 Å². The number of imide groups is 1. The first kappa shape index (κ1) is 30.2. The number of ether oxygens (including phenoxy) is 1. The van der Waals surface area contributed by atoms with Gasteiger partial charge in [0.15, 0.2) is 0 Å². The van der Waals surface area contributed by atoms with Gasteiger partial charge in [0.25, 0.3) is 0 Å². The van der Waals surface area contributed by atoms with Crippen LogP contribution in [0, 0.1) is 5.92 Å². The third-order valence-electron chi connectivity index (χ3n) is 6.76. The molecule has 0 unspecified atom stereocenters. The molecule has 0 saturated carbocycles. The van der Waals surface area contributed by atoms with Gasteiger partial charge in [-0.05, 0) is 59.2 Å². The fourth-order valence-electron chi connectivity index (χ4n) is 4.90. The van der Waals surface area contributed by atoms with Crippen LogP contribution >= 0.6 is 23.8 Å². The van der Waals surface area contributed by atoms with Crippen molar-refractivity contribution >= 4 is 52.4 Å². The Hall–Kier alpha value is -3.37. The highest BCUT2D eigenvalue weighted by Crippen LogP contribution is 2.37. The van der Waals surface area contributed by atoms with Crippen LogP contribution in [0.25, 0.3) is 0 Å². The molecule has 39 heavy (non-hydrogen) atoms. The van der Waals surface area contributed by atoms with Crippen molar-refractivity contribution in [2.24, 2.45) is 5.92 Å². The van der Waals surface area contributed by atoms with Crippen molar-refractivity contribution in [3.8, 4) is 5.75 Å². The average Bonchev–Trinajstić information content (AvgIpc) is 2.99. The fraction of sp³-hybridized carbons (Fsp3) is 0.429. The minimum atomic E-state index is -1.12. The maximum absolute atomic E-state index is 13.6. The zero-order chi connectivity index (χ0) is 29.1. The van der Waals surface area contributed by atoms with E-state index in [1.165, 1.54) is 6.07 Å². The summed E-state index contributed by atoms with van der Waals surface area (Å²) >= 11 is 11.6. The number of thiocarbonyl (C=S) groups is 1. The van der Waals surface area contributed by atoms with Gasteiger partial charge in [-0.25, -0.2) is 9.59 Å². The summed E-state index contributed by atoms with van der Waals surface area (Å²) < 4.78 is 5.44. The number of aromatic carboxylic acids is 1. The molecule has 2 aromatic rings. The summed E-state index contributed by atoms with van der Waals surface area (Å²) in [5.74, 6) is -1.51. The van der Waals surface area contributed by atoms with Crippen molar-refractivity contribution in [3.63, 3.8) is 0 Å². The number of carboxylic acids is 1. The molecule has 2 atom stereocenters. The zero-order valence-corrected chi connectivity index (χ0v) is 24.3. The fourth-order valence-corrected chi connectivity index (χ4v) is 5.31. The van der Waals surface area contributed by atoms with E-state index >= 15 is 0 Å². The number of carboxylic acid groups (broad SMARTS) is 1. The highest BCUT2D eigenvalue weighted by molar-refractivity contribution is 7.80. The average molecular weight is 575 g/mol. The molecule has 0 aliphatic carbocycles. The lowest BCUT2D eigenvalue weighted by Gasteiger charge is -2.31. The highest BCUT2D eigenvalue weighted by atomic mass is 35.5. The molecular formula is C28H35ClN4O5S. The molecule has 1 aliphatic heterocycles. The number of nitrogens with one attached hydrogen (secondary N) is 2. The topological polar surface area (TPSA) is 134 Å². The molecule has 1 heterocycles. The number of methoxy groups -OCH3 is 1. The van der Waals surface area contributed by atoms with Gasteiger partial charge in [0.1, 0.15) is 5.75 Å². The van der Waals surface area contributed by atoms with Crippen LogP contribution in [0.4, 0.5) is 10.5 Å². The largest absolute Gasteiger partial charge is 0.496 e. The lowest BCUT2D eigenvalue weighted by Crippen LogP contribution is -2.48. The molecule has 0 aromatic heterocycles. The molecule has 11 heteroatoms. The molecule has 9 nitrogen and oxygen atoms in total. The van der Waals surface area contributed by atoms with Gasteiger partial charge in [0.2, 0.25) is 5.91 Å². The Morgan fingerprint density at radius 3 is 2.59 bits per heavy atom. The third kappa shape index (κ3) is 6.80. The van der Waals surface area contributed by atoms with Crippen molar-refractivity contribution in [1.82, 2.24) is 15.5 Å². The number of anilines is 1. The minimum absolute atomic E-state index is 0.00302. The molecule has 2 aromatic carbocycles. The molecule has 1 aliphatic rings. The smallest absolute Gasteiger partial charge is 0.337 e. The van der Waals surface area contributed by atoms with Crippen molar-refractivity contribution in [1.29, 1.82) is 0 Å². The summed E-state index contributed by atoms with van der Waals surface area (Å²) in [7, 11) is 1.54. The third-order valence-corrected chi connectivity index (χ3v) is 7.26. The van der Waals surface area contributed by atoms with Gasteiger partial charge in [0.05, 0.1) is 41.9 Å². The Morgan fingerprint density at radius 1 is 1.31 bits per heavy atom. The monoisotopic (exact) mass is 574 g/mol. The van der Waals surface area contributed by atoms with Gasteiger partial charge in [-0.3, -0.25) is 9.69 Å². The van der Waals surface area contributed by atoms with E-state index in [1.807, 2.05) is 27.7 Å². The van der Waals surface area contributed by atoms with E-state index in [1.54, 1.807) is 31.4 Å². The SMILES string of the molecule is CC[C@@H](NC(=O)N1CC(=S)NC[C@H](Cc2cc(Cl)ccc2OC)C1=O)c1ccc(C(=O)O)c(N)c1C(C)(C)C. The van der Waals surface area contributed by atoms with Gasteiger partial charge in [-0.2, -0.15) is 0 Å². The maximum Gasteiger partial charge on any atom is 0.337 e. The van der Waals surface area contributed by atoms with E-state index in [-0.39, 0.29) is 30.2 Å². The van der Waals surface area contributed by atoms with Crippen LogP contribution in [0.1, 0.15) is 67.2 Å². The van der Waals surface area contributed by atoms with Gasteiger partial charge < -0.3 is 26.2 Å². The molecule has 3 rings (SSSR count). The number of carbonyl (C=O) groups excluding carboxylic acids is 2. The summed E-state index contributed by atoms with van der Waals surface area (Å²) in [5, 5.41) is 16.1. The number of nitrogen functional groups attached to an aromatic ring is 1. The van der Waals surface area contributed by atoms with E-state index in [4.69, 9.17) is 34.3 Å². The summed E-state index contributed by atoms with van der Waals surface area (Å²) in [5.41, 5.74) is 8.06.